The normalized spacial score (nSPS) is 10.4. The van der Waals surface area contributed by atoms with Gasteiger partial charge in [0.1, 0.15) is 11.4 Å². The van der Waals surface area contributed by atoms with Crippen LogP contribution in [-0.4, -0.2) is 46.5 Å². The number of nitrogen functional groups attached to an aromatic ring is 1. The summed E-state index contributed by atoms with van der Waals surface area (Å²) in [7, 11) is 0. The first-order chi connectivity index (χ1) is 12.9. The molecule has 2 aromatic heterocycles. The summed E-state index contributed by atoms with van der Waals surface area (Å²) in [5.41, 5.74) is 5.87. The predicted molar refractivity (Wildman–Crippen MR) is 104 cm³/mol. The van der Waals surface area contributed by atoms with Crippen molar-refractivity contribution in [1.82, 2.24) is 15.3 Å². The highest BCUT2D eigenvalue weighted by Crippen LogP contribution is 2.22. The molecule has 2 aromatic rings. The molecule has 27 heavy (non-hydrogen) atoms. The topological polar surface area (TPSA) is 124 Å². The van der Waals surface area contributed by atoms with Crippen LogP contribution in [-0.2, 0) is 16.0 Å². The number of ketones is 1. The van der Waals surface area contributed by atoms with Crippen LogP contribution in [0.25, 0.3) is 0 Å². The Kier molecular flexibility index (Phi) is 7.74. The number of aromatic nitrogens is 2. The number of thiophene rings is 1. The summed E-state index contributed by atoms with van der Waals surface area (Å²) in [5, 5.41) is 3.04. The van der Waals surface area contributed by atoms with Crippen molar-refractivity contribution in [2.24, 2.45) is 0 Å². The number of nitrogens with zero attached hydrogens (tertiary/aromatic N) is 2. The Hall–Kier alpha value is -2.46. The van der Waals surface area contributed by atoms with E-state index in [4.69, 9.17) is 10.5 Å². The van der Waals surface area contributed by atoms with Gasteiger partial charge >= 0.3 is 5.97 Å². The first-order valence-electron chi connectivity index (χ1n) is 8.19. The van der Waals surface area contributed by atoms with Crippen molar-refractivity contribution in [2.45, 2.75) is 25.4 Å². The highest BCUT2D eigenvalue weighted by molar-refractivity contribution is 7.99. The average molecular weight is 409 g/mol. The SMILES string of the molecule is CCOC(=O)c1cnc(SCC(=O)c2ccc(CCNC(C)=O)s2)nc1N. The van der Waals surface area contributed by atoms with Crippen LogP contribution in [0.5, 0.6) is 0 Å². The zero-order chi connectivity index (χ0) is 19.8. The van der Waals surface area contributed by atoms with Crippen molar-refractivity contribution in [3.8, 4) is 0 Å². The number of hydrogen-bond acceptors (Lipinski definition) is 9. The zero-order valence-electron chi connectivity index (χ0n) is 15.0. The molecule has 1 amide bonds. The van der Waals surface area contributed by atoms with Crippen LogP contribution in [0.1, 0.15) is 38.8 Å². The van der Waals surface area contributed by atoms with Gasteiger partial charge in [0.05, 0.1) is 17.2 Å². The van der Waals surface area contributed by atoms with Crippen LogP contribution in [0.4, 0.5) is 5.82 Å². The Morgan fingerprint density at radius 1 is 1.33 bits per heavy atom. The van der Waals surface area contributed by atoms with E-state index < -0.39 is 5.97 Å². The Morgan fingerprint density at radius 3 is 2.78 bits per heavy atom. The molecule has 0 saturated heterocycles. The molecule has 0 aliphatic carbocycles. The van der Waals surface area contributed by atoms with Crippen molar-refractivity contribution >= 4 is 46.6 Å². The van der Waals surface area contributed by atoms with Crippen molar-refractivity contribution in [2.75, 3.05) is 24.6 Å². The Morgan fingerprint density at radius 2 is 2.11 bits per heavy atom. The Balaban J connectivity index is 1.90. The van der Waals surface area contributed by atoms with E-state index in [1.807, 2.05) is 6.07 Å². The molecule has 2 rings (SSSR count). The number of anilines is 1. The number of nitrogens with one attached hydrogen (secondary N) is 1. The number of esters is 1. The van der Waals surface area contributed by atoms with Crippen LogP contribution in [0.15, 0.2) is 23.5 Å². The van der Waals surface area contributed by atoms with E-state index >= 15 is 0 Å². The molecular formula is C17H20N4O4S2. The van der Waals surface area contributed by atoms with E-state index in [0.717, 1.165) is 16.6 Å². The lowest BCUT2D eigenvalue weighted by molar-refractivity contribution is -0.118. The van der Waals surface area contributed by atoms with E-state index in [1.165, 1.54) is 24.5 Å². The third-order valence-electron chi connectivity index (χ3n) is 3.31. The monoisotopic (exact) mass is 408 g/mol. The molecule has 0 aromatic carbocycles. The summed E-state index contributed by atoms with van der Waals surface area (Å²) >= 11 is 2.55. The summed E-state index contributed by atoms with van der Waals surface area (Å²) in [6.07, 6.45) is 1.98. The molecule has 3 N–H and O–H groups in total. The number of amides is 1. The number of carbonyl (C=O) groups excluding carboxylic acids is 3. The fourth-order valence-corrected chi connectivity index (χ4v) is 3.78. The molecule has 0 atom stereocenters. The van der Waals surface area contributed by atoms with E-state index in [1.54, 1.807) is 13.0 Å². The second-order valence-electron chi connectivity index (χ2n) is 5.38. The van der Waals surface area contributed by atoms with Gasteiger partial charge in [-0.2, -0.15) is 0 Å². The van der Waals surface area contributed by atoms with Gasteiger partial charge in [0, 0.05) is 24.5 Å². The summed E-state index contributed by atoms with van der Waals surface area (Å²) < 4.78 is 4.87. The van der Waals surface area contributed by atoms with Gasteiger partial charge in [-0.15, -0.1) is 11.3 Å². The first kappa shape index (κ1) is 20.8. The van der Waals surface area contributed by atoms with Crippen LogP contribution < -0.4 is 11.1 Å². The fraction of sp³-hybridized carbons (Fsp3) is 0.353. The minimum Gasteiger partial charge on any atom is -0.462 e. The standard InChI is InChI=1S/C17H20N4O4S2/c1-3-25-16(24)12-8-20-17(21-15(12)18)26-9-13(23)14-5-4-11(27-14)6-7-19-10(2)22/h4-5,8H,3,6-7,9H2,1-2H3,(H,19,22)(H2,18,20,21). The predicted octanol–water partition coefficient (Wildman–Crippen LogP) is 1.95. The van der Waals surface area contributed by atoms with Crippen LogP contribution in [0.3, 0.4) is 0 Å². The summed E-state index contributed by atoms with van der Waals surface area (Å²) in [5.74, 6) is -0.521. The van der Waals surface area contributed by atoms with Crippen LogP contribution in [0, 0.1) is 0 Å². The summed E-state index contributed by atoms with van der Waals surface area (Å²) in [4.78, 5) is 44.6. The fourth-order valence-electron chi connectivity index (χ4n) is 2.04. The largest absolute Gasteiger partial charge is 0.462 e. The Labute approximate surface area is 164 Å². The van der Waals surface area contributed by atoms with Crippen molar-refractivity contribution in [3.63, 3.8) is 0 Å². The number of nitrogens with two attached hydrogens (primary N) is 1. The van der Waals surface area contributed by atoms with Crippen molar-refractivity contribution in [1.29, 1.82) is 0 Å². The number of carbonyl (C=O) groups is 3. The highest BCUT2D eigenvalue weighted by Gasteiger charge is 2.15. The lowest BCUT2D eigenvalue weighted by Crippen LogP contribution is -2.22. The van der Waals surface area contributed by atoms with Gasteiger partial charge in [-0.25, -0.2) is 14.8 Å². The van der Waals surface area contributed by atoms with Gasteiger partial charge in [0.25, 0.3) is 0 Å². The molecule has 2 heterocycles. The summed E-state index contributed by atoms with van der Waals surface area (Å²) in [6, 6.07) is 3.66. The molecule has 0 spiro atoms. The minimum absolute atomic E-state index is 0.0229. The maximum absolute atomic E-state index is 12.3. The van der Waals surface area contributed by atoms with Gasteiger partial charge in [-0.3, -0.25) is 9.59 Å². The molecule has 0 aliphatic heterocycles. The molecule has 10 heteroatoms. The van der Waals surface area contributed by atoms with Gasteiger partial charge in [-0.1, -0.05) is 11.8 Å². The van der Waals surface area contributed by atoms with Gasteiger partial charge in [0.15, 0.2) is 10.9 Å². The number of hydrogen-bond donors (Lipinski definition) is 2. The van der Waals surface area contributed by atoms with Gasteiger partial charge in [-0.05, 0) is 25.5 Å². The maximum atomic E-state index is 12.3. The first-order valence-corrected chi connectivity index (χ1v) is 9.99. The molecule has 0 aliphatic rings. The molecule has 0 saturated carbocycles. The van der Waals surface area contributed by atoms with E-state index in [9.17, 15) is 14.4 Å². The molecular weight excluding hydrogens is 388 g/mol. The zero-order valence-corrected chi connectivity index (χ0v) is 16.6. The van der Waals surface area contributed by atoms with Crippen molar-refractivity contribution in [3.05, 3.63) is 33.6 Å². The lowest BCUT2D eigenvalue weighted by atomic mass is 10.3. The molecule has 0 radical (unpaired) electrons. The lowest BCUT2D eigenvalue weighted by Gasteiger charge is -2.05. The molecule has 0 bridgehead atoms. The molecule has 8 nitrogen and oxygen atoms in total. The molecule has 0 unspecified atom stereocenters. The number of rotatable bonds is 9. The van der Waals surface area contributed by atoms with Crippen LogP contribution in [0.2, 0.25) is 0 Å². The van der Waals surface area contributed by atoms with E-state index in [2.05, 4.69) is 15.3 Å². The number of Topliss-reactive ketones (excluding diaryl/α,β-unsaturated/α-hetero) is 1. The summed E-state index contributed by atoms with van der Waals surface area (Å²) in [6.45, 7) is 3.93. The highest BCUT2D eigenvalue weighted by atomic mass is 32.2. The Bertz CT molecular complexity index is 838. The number of ether oxygens (including phenoxy) is 1. The third kappa shape index (κ3) is 6.33. The number of thioether (sulfide) groups is 1. The van der Waals surface area contributed by atoms with Crippen LogP contribution >= 0.6 is 23.1 Å². The molecule has 144 valence electrons. The smallest absolute Gasteiger partial charge is 0.343 e. The van der Waals surface area contributed by atoms with Crippen molar-refractivity contribution < 1.29 is 19.1 Å². The second-order valence-corrected chi connectivity index (χ2v) is 7.49. The molecule has 0 fully saturated rings. The third-order valence-corrected chi connectivity index (χ3v) is 5.35. The minimum atomic E-state index is -0.576. The van der Waals surface area contributed by atoms with E-state index in [-0.39, 0.29) is 35.4 Å². The average Bonchev–Trinajstić information content (AvgIpc) is 3.08. The maximum Gasteiger partial charge on any atom is 0.343 e. The second kappa shape index (κ2) is 10.0. The van der Waals surface area contributed by atoms with E-state index in [0.29, 0.717) is 23.0 Å². The van der Waals surface area contributed by atoms with Gasteiger partial charge in [0.2, 0.25) is 5.91 Å². The quantitative estimate of drug-likeness (QED) is 0.279. The van der Waals surface area contributed by atoms with Gasteiger partial charge < -0.3 is 15.8 Å².